The average Bonchev–Trinajstić information content (AvgIpc) is 2.68. The maximum absolute atomic E-state index is 12.2. The van der Waals surface area contributed by atoms with Crippen molar-refractivity contribution in [1.29, 1.82) is 0 Å². The molecule has 1 saturated heterocycles. The summed E-state index contributed by atoms with van der Waals surface area (Å²) >= 11 is 0. The molecule has 9 nitrogen and oxygen atoms in total. The third-order valence-corrected chi connectivity index (χ3v) is 4.17. The predicted molar refractivity (Wildman–Crippen MR) is 107 cm³/mol. The first kappa shape index (κ1) is 24.4. The van der Waals surface area contributed by atoms with Gasteiger partial charge in [0.15, 0.2) is 0 Å². The van der Waals surface area contributed by atoms with E-state index in [0.29, 0.717) is 13.2 Å². The van der Waals surface area contributed by atoms with E-state index >= 15 is 0 Å². The van der Waals surface area contributed by atoms with Gasteiger partial charge < -0.3 is 24.6 Å². The Morgan fingerprint density at radius 3 is 2.41 bits per heavy atom. The summed E-state index contributed by atoms with van der Waals surface area (Å²) in [6.07, 6.45) is 1.17. The lowest BCUT2D eigenvalue weighted by molar-refractivity contribution is -0.159. The van der Waals surface area contributed by atoms with Crippen molar-refractivity contribution in [1.82, 2.24) is 4.90 Å². The smallest absolute Gasteiger partial charge is 0.414 e. The molecule has 2 N–H and O–H groups in total. The maximum Gasteiger partial charge on any atom is 0.414 e. The van der Waals surface area contributed by atoms with E-state index in [2.05, 4.69) is 11.8 Å². The lowest BCUT2D eigenvalue weighted by atomic mass is 10.2. The SMILES string of the molecule is CCCN1CCOC(CN(C(C)=O)c2ccccc2OCC)C1.O=C(O)C(=O)O. The number of ether oxygens (including phenoxy) is 2. The average molecular weight is 410 g/mol. The van der Waals surface area contributed by atoms with Crippen LogP contribution in [0.3, 0.4) is 0 Å². The first-order valence-corrected chi connectivity index (χ1v) is 9.60. The minimum absolute atomic E-state index is 0.00775. The second-order valence-electron chi connectivity index (χ2n) is 6.43. The van der Waals surface area contributed by atoms with Crippen LogP contribution in [-0.2, 0) is 19.1 Å². The number of aliphatic carboxylic acids is 2. The monoisotopic (exact) mass is 410 g/mol. The number of amides is 1. The molecule has 0 aromatic heterocycles. The molecule has 0 aliphatic carbocycles. The van der Waals surface area contributed by atoms with Crippen molar-refractivity contribution in [3.8, 4) is 5.75 Å². The highest BCUT2D eigenvalue weighted by Crippen LogP contribution is 2.29. The molecule has 9 heteroatoms. The highest BCUT2D eigenvalue weighted by atomic mass is 16.5. The molecular formula is C20H30N2O7. The van der Waals surface area contributed by atoms with Gasteiger partial charge in [-0.25, -0.2) is 9.59 Å². The zero-order valence-corrected chi connectivity index (χ0v) is 17.2. The summed E-state index contributed by atoms with van der Waals surface area (Å²) in [5, 5.41) is 14.8. The third kappa shape index (κ3) is 8.49. The van der Waals surface area contributed by atoms with Crippen molar-refractivity contribution < 1.29 is 34.1 Å². The van der Waals surface area contributed by atoms with Gasteiger partial charge in [0.2, 0.25) is 5.91 Å². The Balaban J connectivity index is 0.000000612. The van der Waals surface area contributed by atoms with Crippen molar-refractivity contribution >= 4 is 23.5 Å². The quantitative estimate of drug-likeness (QED) is 0.653. The summed E-state index contributed by atoms with van der Waals surface area (Å²) in [6.45, 7) is 10.5. The molecule has 2 rings (SSSR count). The first-order valence-electron chi connectivity index (χ1n) is 9.60. The van der Waals surface area contributed by atoms with Crippen molar-refractivity contribution in [3.63, 3.8) is 0 Å². The van der Waals surface area contributed by atoms with Crippen LogP contribution in [0, 0.1) is 0 Å². The fourth-order valence-corrected chi connectivity index (χ4v) is 2.97. The van der Waals surface area contributed by atoms with Crippen LogP contribution >= 0.6 is 0 Å². The largest absolute Gasteiger partial charge is 0.492 e. The minimum Gasteiger partial charge on any atom is -0.492 e. The maximum atomic E-state index is 12.2. The van der Waals surface area contributed by atoms with Crippen LogP contribution < -0.4 is 9.64 Å². The number of nitrogens with zero attached hydrogens (tertiary/aromatic N) is 2. The zero-order chi connectivity index (χ0) is 21.8. The van der Waals surface area contributed by atoms with Crippen LogP contribution in [0.5, 0.6) is 5.75 Å². The lowest BCUT2D eigenvalue weighted by Gasteiger charge is -2.35. The van der Waals surface area contributed by atoms with Gasteiger partial charge in [-0.1, -0.05) is 19.1 Å². The molecule has 0 spiro atoms. The van der Waals surface area contributed by atoms with E-state index in [-0.39, 0.29) is 12.0 Å². The number of rotatable bonds is 7. The predicted octanol–water partition coefficient (Wildman–Crippen LogP) is 1.70. The Labute approximate surface area is 170 Å². The molecule has 1 aromatic rings. The van der Waals surface area contributed by atoms with E-state index in [1.165, 1.54) is 0 Å². The second-order valence-corrected chi connectivity index (χ2v) is 6.43. The van der Waals surface area contributed by atoms with E-state index < -0.39 is 11.9 Å². The number of benzene rings is 1. The van der Waals surface area contributed by atoms with Gasteiger partial charge in [-0.3, -0.25) is 9.69 Å². The summed E-state index contributed by atoms with van der Waals surface area (Å²) in [4.78, 5) is 34.6. The number of hydrogen-bond acceptors (Lipinski definition) is 6. The molecule has 162 valence electrons. The van der Waals surface area contributed by atoms with E-state index in [0.717, 1.165) is 44.1 Å². The van der Waals surface area contributed by atoms with Crippen molar-refractivity contribution in [2.24, 2.45) is 0 Å². The van der Waals surface area contributed by atoms with Gasteiger partial charge in [-0.2, -0.15) is 0 Å². The Kier molecular flexibility index (Phi) is 10.7. The summed E-state index contributed by atoms with van der Waals surface area (Å²) in [5.74, 6) is -2.90. The normalized spacial score (nSPS) is 16.3. The van der Waals surface area contributed by atoms with Gasteiger partial charge in [0.1, 0.15) is 5.75 Å². The molecule has 1 aliphatic heterocycles. The van der Waals surface area contributed by atoms with Gasteiger partial charge in [-0.15, -0.1) is 0 Å². The summed E-state index contributed by atoms with van der Waals surface area (Å²) < 4.78 is 11.6. The zero-order valence-electron chi connectivity index (χ0n) is 17.2. The number of carbonyl (C=O) groups is 3. The minimum atomic E-state index is -1.82. The van der Waals surface area contributed by atoms with E-state index in [1.807, 2.05) is 31.2 Å². The van der Waals surface area contributed by atoms with Crippen molar-refractivity contribution in [3.05, 3.63) is 24.3 Å². The molecule has 1 fully saturated rings. The molecule has 1 aromatic carbocycles. The standard InChI is InChI=1S/C18H28N2O3.C2H2O4/c1-4-10-19-11-12-23-16(13-19)14-20(15(3)21)17-8-6-7-9-18(17)22-5-2;3-1(4)2(5)6/h6-9,16H,4-5,10-14H2,1-3H3;(H,3,4)(H,5,6). The highest BCUT2D eigenvalue weighted by Gasteiger charge is 2.25. The number of anilines is 1. The molecule has 1 amide bonds. The van der Waals surface area contributed by atoms with Crippen LogP contribution in [0.4, 0.5) is 5.69 Å². The molecule has 29 heavy (non-hydrogen) atoms. The van der Waals surface area contributed by atoms with Crippen LogP contribution in [0.15, 0.2) is 24.3 Å². The molecule has 0 saturated carbocycles. The van der Waals surface area contributed by atoms with E-state index in [1.54, 1.807) is 11.8 Å². The fraction of sp³-hybridized carbons (Fsp3) is 0.550. The number of hydrogen-bond donors (Lipinski definition) is 2. The number of carboxylic acid groups (broad SMARTS) is 2. The van der Waals surface area contributed by atoms with Gasteiger partial charge >= 0.3 is 11.9 Å². The molecular weight excluding hydrogens is 380 g/mol. The molecule has 1 aliphatic rings. The molecule has 1 unspecified atom stereocenters. The summed E-state index contributed by atoms with van der Waals surface area (Å²) in [7, 11) is 0. The van der Waals surface area contributed by atoms with Crippen molar-refractivity contribution in [2.75, 3.05) is 44.3 Å². The van der Waals surface area contributed by atoms with Crippen LogP contribution in [0.2, 0.25) is 0 Å². The van der Waals surface area contributed by atoms with Crippen LogP contribution in [-0.4, -0.2) is 78.5 Å². The van der Waals surface area contributed by atoms with Gasteiger partial charge in [0, 0.05) is 20.0 Å². The Morgan fingerprint density at radius 1 is 1.21 bits per heavy atom. The lowest BCUT2D eigenvalue weighted by Crippen LogP contribution is -2.48. The van der Waals surface area contributed by atoms with Gasteiger partial charge in [0.25, 0.3) is 0 Å². The Hall–Kier alpha value is -2.65. The van der Waals surface area contributed by atoms with Crippen LogP contribution in [0.25, 0.3) is 0 Å². The van der Waals surface area contributed by atoms with Gasteiger partial charge in [0.05, 0.1) is 31.5 Å². The number of carboxylic acids is 2. The third-order valence-electron chi connectivity index (χ3n) is 4.17. The highest BCUT2D eigenvalue weighted by molar-refractivity contribution is 6.27. The fourth-order valence-electron chi connectivity index (χ4n) is 2.97. The van der Waals surface area contributed by atoms with Crippen molar-refractivity contribution in [2.45, 2.75) is 33.3 Å². The number of para-hydroxylation sites is 2. The molecule has 1 atom stereocenters. The Bertz CT molecular complexity index is 667. The Morgan fingerprint density at radius 2 is 1.86 bits per heavy atom. The van der Waals surface area contributed by atoms with E-state index in [4.69, 9.17) is 29.3 Å². The second kappa shape index (κ2) is 12.7. The summed E-state index contributed by atoms with van der Waals surface area (Å²) in [6, 6.07) is 7.69. The summed E-state index contributed by atoms with van der Waals surface area (Å²) in [5.41, 5.74) is 0.818. The molecule has 1 heterocycles. The van der Waals surface area contributed by atoms with Crippen LogP contribution in [0.1, 0.15) is 27.2 Å². The first-order chi connectivity index (χ1) is 13.8. The van der Waals surface area contributed by atoms with E-state index in [9.17, 15) is 4.79 Å². The number of carbonyl (C=O) groups excluding carboxylic acids is 1. The molecule has 0 bridgehead atoms. The molecule has 0 radical (unpaired) electrons. The topological polar surface area (TPSA) is 117 Å². The number of morpholine rings is 1. The van der Waals surface area contributed by atoms with Gasteiger partial charge in [-0.05, 0) is 32.0 Å².